The van der Waals surface area contributed by atoms with Gasteiger partial charge in [-0.25, -0.2) is 4.99 Å². The van der Waals surface area contributed by atoms with Gasteiger partial charge in [-0.2, -0.15) is 0 Å². The largest absolute Gasteiger partial charge is 0.357 e. The standard InChI is InChI=1S/C22H33N5O2/c1-2-23-22(25-16-20(28)27-12-5-6-13-27)24-15-17-8-7-11-19(14-17)26-21(29)18-9-3-4-10-18/h7-8,11,14,18H,2-6,9-10,12-13,15-16H2,1H3,(H,26,29)(H2,23,24,25). The number of anilines is 1. The highest BCUT2D eigenvalue weighted by molar-refractivity contribution is 5.92. The lowest BCUT2D eigenvalue weighted by atomic mass is 10.1. The van der Waals surface area contributed by atoms with Crippen molar-refractivity contribution in [2.24, 2.45) is 10.9 Å². The predicted molar refractivity (Wildman–Crippen MR) is 116 cm³/mol. The van der Waals surface area contributed by atoms with Gasteiger partial charge in [0.25, 0.3) is 0 Å². The molecule has 0 aromatic heterocycles. The number of guanidine groups is 1. The summed E-state index contributed by atoms with van der Waals surface area (Å²) < 4.78 is 0. The van der Waals surface area contributed by atoms with E-state index in [4.69, 9.17) is 0 Å². The van der Waals surface area contributed by atoms with Crippen LogP contribution in [0.25, 0.3) is 0 Å². The molecular weight excluding hydrogens is 366 g/mol. The van der Waals surface area contributed by atoms with Gasteiger partial charge >= 0.3 is 0 Å². The first-order valence-electron chi connectivity index (χ1n) is 10.9. The minimum atomic E-state index is 0.115. The lowest BCUT2D eigenvalue weighted by Gasteiger charge is -2.17. The normalized spacial score (nSPS) is 17.4. The molecule has 0 radical (unpaired) electrons. The average Bonchev–Trinajstić information content (AvgIpc) is 3.44. The SMILES string of the molecule is CCNC(=NCc1cccc(NC(=O)C2CCCC2)c1)NCC(=O)N1CCCC1. The maximum absolute atomic E-state index is 12.3. The second kappa shape index (κ2) is 10.8. The minimum Gasteiger partial charge on any atom is -0.357 e. The molecule has 1 aliphatic heterocycles. The van der Waals surface area contributed by atoms with E-state index in [0.29, 0.717) is 12.5 Å². The van der Waals surface area contributed by atoms with Crippen LogP contribution in [-0.2, 0) is 16.1 Å². The number of carbonyl (C=O) groups is 2. The molecule has 158 valence electrons. The van der Waals surface area contributed by atoms with Gasteiger partial charge in [-0.3, -0.25) is 9.59 Å². The van der Waals surface area contributed by atoms with Crippen LogP contribution in [0.3, 0.4) is 0 Å². The first-order chi connectivity index (χ1) is 14.2. The molecule has 0 unspecified atom stereocenters. The Labute approximate surface area is 173 Å². The van der Waals surface area contributed by atoms with Crippen LogP contribution < -0.4 is 16.0 Å². The molecule has 1 aliphatic carbocycles. The summed E-state index contributed by atoms with van der Waals surface area (Å²) in [4.78, 5) is 31.1. The van der Waals surface area contributed by atoms with Gasteiger partial charge in [0.15, 0.2) is 5.96 Å². The molecular formula is C22H33N5O2. The van der Waals surface area contributed by atoms with E-state index >= 15 is 0 Å². The Morgan fingerprint density at radius 1 is 1.10 bits per heavy atom. The van der Waals surface area contributed by atoms with Crippen LogP contribution in [0.1, 0.15) is 51.0 Å². The summed E-state index contributed by atoms with van der Waals surface area (Å²) in [5.74, 6) is 1.01. The summed E-state index contributed by atoms with van der Waals surface area (Å²) in [6.07, 6.45) is 6.45. The quantitative estimate of drug-likeness (QED) is 0.486. The molecule has 1 aromatic rings. The zero-order valence-electron chi connectivity index (χ0n) is 17.4. The van der Waals surface area contributed by atoms with Crippen molar-refractivity contribution in [2.75, 3.05) is 31.5 Å². The van der Waals surface area contributed by atoms with Crippen molar-refractivity contribution in [3.8, 4) is 0 Å². The van der Waals surface area contributed by atoms with Gasteiger partial charge in [0.2, 0.25) is 11.8 Å². The van der Waals surface area contributed by atoms with E-state index in [0.717, 1.165) is 69.4 Å². The lowest BCUT2D eigenvalue weighted by molar-refractivity contribution is -0.128. The molecule has 3 rings (SSSR count). The number of amides is 2. The number of nitrogens with zero attached hydrogens (tertiary/aromatic N) is 2. The molecule has 1 saturated heterocycles. The van der Waals surface area contributed by atoms with Gasteiger partial charge in [0.05, 0.1) is 13.1 Å². The van der Waals surface area contributed by atoms with Crippen molar-refractivity contribution in [1.29, 1.82) is 0 Å². The number of hydrogen-bond donors (Lipinski definition) is 3. The Balaban J connectivity index is 1.53. The lowest BCUT2D eigenvalue weighted by Crippen LogP contribution is -2.44. The molecule has 2 amide bonds. The van der Waals surface area contributed by atoms with E-state index < -0.39 is 0 Å². The Kier molecular flexibility index (Phi) is 7.90. The van der Waals surface area contributed by atoms with Gasteiger partial charge in [-0.15, -0.1) is 0 Å². The molecule has 3 N–H and O–H groups in total. The van der Waals surface area contributed by atoms with Gasteiger partial charge in [0, 0.05) is 31.2 Å². The Bertz CT molecular complexity index is 722. The highest BCUT2D eigenvalue weighted by Crippen LogP contribution is 2.26. The second-order valence-electron chi connectivity index (χ2n) is 7.81. The zero-order chi connectivity index (χ0) is 20.5. The van der Waals surface area contributed by atoms with Crippen LogP contribution >= 0.6 is 0 Å². The molecule has 7 heteroatoms. The zero-order valence-corrected chi connectivity index (χ0v) is 17.4. The van der Waals surface area contributed by atoms with E-state index in [9.17, 15) is 9.59 Å². The topological polar surface area (TPSA) is 85.8 Å². The number of carbonyl (C=O) groups excluding carboxylic acids is 2. The monoisotopic (exact) mass is 399 g/mol. The van der Waals surface area contributed by atoms with E-state index in [1.807, 2.05) is 36.1 Å². The summed E-state index contributed by atoms with van der Waals surface area (Å²) in [5.41, 5.74) is 1.83. The number of likely N-dealkylation sites (tertiary alicyclic amines) is 1. The van der Waals surface area contributed by atoms with Crippen LogP contribution in [0.15, 0.2) is 29.3 Å². The summed E-state index contributed by atoms with van der Waals surface area (Å²) in [6.45, 7) is 5.16. The van der Waals surface area contributed by atoms with E-state index in [2.05, 4.69) is 20.9 Å². The number of hydrogen-bond acceptors (Lipinski definition) is 3. The summed E-state index contributed by atoms with van der Waals surface area (Å²) >= 11 is 0. The van der Waals surface area contributed by atoms with Crippen molar-refractivity contribution >= 4 is 23.5 Å². The first kappa shape index (κ1) is 21.1. The van der Waals surface area contributed by atoms with E-state index in [-0.39, 0.29) is 24.3 Å². The minimum absolute atomic E-state index is 0.115. The molecule has 0 atom stereocenters. The van der Waals surface area contributed by atoms with Gasteiger partial charge in [0.1, 0.15) is 0 Å². The van der Waals surface area contributed by atoms with Crippen molar-refractivity contribution in [3.05, 3.63) is 29.8 Å². The Morgan fingerprint density at radius 3 is 2.59 bits per heavy atom. The number of benzene rings is 1. The Morgan fingerprint density at radius 2 is 1.86 bits per heavy atom. The maximum atomic E-state index is 12.3. The number of aliphatic imine (C=N–C) groups is 1. The third-order valence-electron chi connectivity index (χ3n) is 5.55. The maximum Gasteiger partial charge on any atom is 0.241 e. The Hall–Kier alpha value is -2.57. The van der Waals surface area contributed by atoms with Crippen molar-refractivity contribution in [2.45, 2.75) is 52.0 Å². The summed E-state index contributed by atoms with van der Waals surface area (Å²) in [6, 6.07) is 7.81. The van der Waals surface area contributed by atoms with Crippen LogP contribution in [0.2, 0.25) is 0 Å². The predicted octanol–water partition coefficient (Wildman–Crippen LogP) is 2.49. The fourth-order valence-electron chi connectivity index (χ4n) is 3.93. The van der Waals surface area contributed by atoms with Crippen molar-refractivity contribution < 1.29 is 9.59 Å². The molecule has 1 heterocycles. The molecule has 2 fully saturated rings. The molecule has 2 aliphatic rings. The summed E-state index contributed by atoms with van der Waals surface area (Å²) in [5, 5.41) is 9.35. The number of nitrogens with one attached hydrogen (secondary N) is 3. The first-order valence-corrected chi connectivity index (χ1v) is 10.9. The highest BCUT2D eigenvalue weighted by atomic mass is 16.2. The fourth-order valence-corrected chi connectivity index (χ4v) is 3.93. The van der Waals surface area contributed by atoms with Gasteiger partial charge in [-0.05, 0) is 50.3 Å². The summed E-state index contributed by atoms with van der Waals surface area (Å²) in [7, 11) is 0. The van der Waals surface area contributed by atoms with Crippen molar-refractivity contribution in [1.82, 2.24) is 15.5 Å². The van der Waals surface area contributed by atoms with Crippen molar-refractivity contribution in [3.63, 3.8) is 0 Å². The smallest absolute Gasteiger partial charge is 0.241 e. The fraction of sp³-hybridized carbons (Fsp3) is 0.591. The molecule has 0 bridgehead atoms. The highest BCUT2D eigenvalue weighted by Gasteiger charge is 2.22. The second-order valence-corrected chi connectivity index (χ2v) is 7.81. The van der Waals surface area contributed by atoms with Crippen LogP contribution in [0.4, 0.5) is 5.69 Å². The number of rotatable bonds is 7. The average molecular weight is 400 g/mol. The van der Waals surface area contributed by atoms with Gasteiger partial charge in [-0.1, -0.05) is 25.0 Å². The molecule has 29 heavy (non-hydrogen) atoms. The van der Waals surface area contributed by atoms with Crippen LogP contribution in [-0.4, -0.2) is 48.9 Å². The molecule has 1 aromatic carbocycles. The third-order valence-corrected chi connectivity index (χ3v) is 5.55. The van der Waals surface area contributed by atoms with Gasteiger partial charge < -0.3 is 20.9 Å². The van der Waals surface area contributed by atoms with Crippen LogP contribution in [0.5, 0.6) is 0 Å². The molecule has 0 spiro atoms. The third kappa shape index (κ3) is 6.48. The molecule has 1 saturated carbocycles. The molecule has 7 nitrogen and oxygen atoms in total. The van der Waals surface area contributed by atoms with Crippen LogP contribution in [0, 0.1) is 5.92 Å². The van der Waals surface area contributed by atoms with E-state index in [1.165, 1.54) is 0 Å². The van der Waals surface area contributed by atoms with E-state index in [1.54, 1.807) is 0 Å².